The van der Waals surface area contributed by atoms with Crippen LogP contribution in [0.4, 0.5) is 11.4 Å². The van der Waals surface area contributed by atoms with Gasteiger partial charge in [-0.1, -0.05) is 22.0 Å². The lowest BCUT2D eigenvalue weighted by molar-refractivity contribution is 0.102. The lowest BCUT2D eigenvalue weighted by Crippen LogP contribution is -2.13. The molecule has 5 heteroatoms. The molecule has 2 rings (SSSR count). The van der Waals surface area contributed by atoms with Gasteiger partial charge in [0.25, 0.3) is 5.91 Å². The SMILES string of the molecule is COc1c(N)cccc1C(=O)Nc1ccc(Br)cc1. The number of nitrogen functional groups attached to an aromatic ring is 1. The van der Waals surface area contributed by atoms with E-state index in [4.69, 9.17) is 10.5 Å². The number of benzene rings is 2. The van der Waals surface area contributed by atoms with Gasteiger partial charge in [0.15, 0.2) is 5.75 Å². The smallest absolute Gasteiger partial charge is 0.259 e. The normalized spacial score (nSPS) is 10.0. The van der Waals surface area contributed by atoms with E-state index in [2.05, 4.69) is 21.2 Å². The first-order chi connectivity index (χ1) is 9.11. The lowest BCUT2D eigenvalue weighted by Gasteiger charge is -2.11. The van der Waals surface area contributed by atoms with Crippen LogP contribution in [0.25, 0.3) is 0 Å². The molecule has 19 heavy (non-hydrogen) atoms. The van der Waals surface area contributed by atoms with Gasteiger partial charge >= 0.3 is 0 Å². The number of rotatable bonds is 3. The minimum atomic E-state index is -0.258. The highest BCUT2D eigenvalue weighted by Gasteiger charge is 2.14. The summed E-state index contributed by atoms with van der Waals surface area (Å²) in [5.41, 5.74) is 7.32. The Morgan fingerprint density at radius 1 is 1.21 bits per heavy atom. The number of ether oxygens (including phenoxy) is 1. The molecule has 2 aromatic carbocycles. The first-order valence-electron chi connectivity index (χ1n) is 5.61. The summed E-state index contributed by atoms with van der Waals surface area (Å²) in [4.78, 5) is 12.2. The first kappa shape index (κ1) is 13.4. The van der Waals surface area contributed by atoms with Crippen molar-refractivity contribution in [1.82, 2.24) is 0 Å². The molecule has 0 heterocycles. The van der Waals surface area contributed by atoms with Crippen molar-refractivity contribution in [3.63, 3.8) is 0 Å². The average Bonchev–Trinajstić information content (AvgIpc) is 2.41. The molecule has 0 fully saturated rings. The van der Waals surface area contributed by atoms with E-state index < -0.39 is 0 Å². The zero-order chi connectivity index (χ0) is 13.8. The number of carbonyl (C=O) groups excluding carboxylic acids is 1. The van der Waals surface area contributed by atoms with Gasteiger partial charge < -0.3 is 15.8 Å². The van der Waals surface area contributed by atoms with Crippen molar-refractivity contribution in [3.8, 4) is 5.75 Å². The van der Waals surface area contributed by atoms with E-state index in [0.29, 0.717) is 22.7 Å². The summed E-state index contributed by atoms with van der Waals surface area (Å²) in [6, 6.07) is 12.4. The van der Waals surface area contributed by atoms with Gasteiger partial charge in [-0.2, -0.15) is 0 Å². The summed E-state index contributed by atoms with van der Waals surface area (Å²) in [7, 11) is 1.49. The Kier molecular flexibility index (Phi) is 4.06. The standard InChI is InChI=1S/C14H13BrN2O2/c1-19-13-11(3-2-4-12(13)16)14(18)17-10-7-5-9(15)6-8-10/h2-8H,16H2,1H3,(H,17,18). The zero-order valence-corrected chi connectivity index (χ0v) is 11.9. The lowest BCUT2D eigenvalue weighted by atomic mass is 10.1. The number of para-hydroxylation sites is 1. The molecule has 0 aliphatic rings. The Balaban J connectivity index is 2.25. The van der Waals surface area contributed by atoms with Crippen LogP contribution in [0, 0.1) is 0 Å². The van der Waals surface area contributed by atoms with Crippen LogP contribution in [0.1, 0.15) is 10.4 Å². The number of amides is 1. The Bertz CT molecular complexity index is 597. The van der Waals surface area contributed by atoms with Gasteiger partial charge in [0.05, 0.1) is 18.4 Å². The minimum Gasteiger partial charge on any atom is -0.494 e. The monoisotopic (exact) mass is 320 g/mol. The third-order valence-electron chi connectivity index (χ3n) is 2.60. The van der Waals surface area contributed by atoms with Gasteiger partial charge in [-0.3, -0.25) is 4.79 Å². The van der Waals surface area contributed by atoms with E-state index in [1.165, 1.54) is 7.11 Å². The number of carbonyl (C=O) groups is 1. The zero-order valence-electron chi connectivity index (χ0n) is 10.3. The minimum absolute atomic E-state index is 0.258. The second-order valence-electron chi connectivity index (χ2n) is 3.89. The van der Waals surface area contributed by atoms with Gasteiger partial charge in [-0.15, -0.1) is 0 Å². The Morgan fingerprint density at radius 2 is 1.89 bits per heavy atom. The van der Waals surface area contributed by atoms with Crippen LogP contribution in [-0.4, -0.2) is 13.0 Å². The average molecular weight is 321 g/mol. The fraction of sp³-hybridized carbons (Fsp3) is 0.0714. The van der Waals surface area contributed by atoms with E-state index in [1.54, 1.807) is 30.3 Å². The topological polar surface area (TPSA) is 64.3 Å². The Labute approximate surface area is 119 Å². The summed E-state index contributed by atoms with van der Waals surface area (Å²) in [5, 5.41) is 2.79. The van der Waals surface area contributed by atoms with E-state index in [-0.39, 0.29) is 5.91 Å². The fourth-order valence-electron chi connectivity index (χ4n) is 1.69. The molecule has 0 aliphatic carbocycles. The third-order valence-corrected chi connectivity index (χ3v) is 3.12. The maximum atomic E-state index is 12.2. The van der Waals surface area contributed by atoms with E-state index >= 15 is 0 Å². The molecule has 4 nitrogen and oxygen atoms in total. The van der Waals surface area contributed by atoms with Crippen LogP contribution in [0.15, 0.2) is 46.9 Å². The van der Waals surface area contributed by atoms with Crippen molar-refractivity contribution < 1.29 is 9.53 Å². The van der Waals surface area contributed by atoms with E-state index in [0.717, 1.165) is 4.47 Å². The molecular formula is C14H13BrN2O2. The molecule has 0 saturated heterocycles. The summed E-state index contributed by atoms with van der Waals surface area (Å²) < 4.78 is 6.11. The maximum Gasteiger partial charge on any atom is 0.259 e. The van der Waals surface area contributed by atoms with Crippen LogP contribution in [0.5, 0.6) is 5.75 Å². The van der Waals surface area contributed by atoms with Gasteiger partial charge in [0.1, 0.15) is 0 Å². The second kappa shape index (κ2) is 5.75. The number of methoxy groups -OCH3 is 1. The van der Waals surface area contributed by atoms with Gasteiger partial charge in [-0.05, 0) is 36.4 Å². The molecule has 0 spiro atoms. The number of nitrogens with two attached hydrogens (primary N) is 1. The van der Waals surface area contributed by atoms with Crippen molar-refractivity contribution >= 4 is 33.2 Å². The predicted molar refractivity (Wildman–Crippen MR) is 79.5 cm³/mol. The molecule has 0 atom stereocenters. The van der Waals surface area contributed by atoms with Gasteiger partial charge in [-0.25, -0.2) is 0 Å². The first-order valence-corrected chi connectivity index (χ1v) is 6.40. The van der Waals surface area contributed by atoms with E-state index in [1.807, 2.05) is 12.1 Å². The highest BCUT2D eigenvalue weighted by atomic mass is 79.9. The number of anilines is 2. The fourth-order valence-corrected chi connectivity index (χ4v) is 1.96. The molecule has 0 unspecified atom stereocenters. The summed E-state index contributed by atoms with van der Waals surface area (Å²) in [6.45, 7) is 0. The molecule has 0 aromatic heterocycles. The molecule has 0 radical (unpaired) electrons. The van der Waals surface area contributed by atoms with Gasteiger partial charge in [0, 0.05) is 10.2 Å². The van der Waals surface area contributed by atoms with Crippen LogP contribution in [0.2, 0.25) is 0 Å². The molecule has 2 aromatic rings. The van der Waals surface area contributed by atoms with Gasteiger partial charge in [0.2, 0.25) is 0 Å². The maximum absolute atomic E-state index is 12.2. The molecule has 0 aliphatic heterocycles. The van der Waals surface area contributed by atoms with Crippen molar-refractivity contribution in [3.05, 3.63) is 52.5 Å². The largest absolute Gasteiger partial charge is 0.494 e. The quantitative estimate of drug-likeness (QED) is 0.853. The number of nitrogens with one attached hydrogen (secondary N) is 1. The Hall–Kier alpha value is -2.01. The van der Waals surface area contributed by atoms with E-state index in [9.17, 15) is 4.79 Å². The molecule has 0 bridgehead atoms. The molecule has 98 valence electrons. The Morgan fingerprint density at radius 3 is 2.53 bits per heavy atom. The van der Waals surface area contributed by atoms with Crippen molar-refractivity contribution in [2.45, 2.75) is 0 Å². The van der Waals surface area contributed by atoms with Crippen LogP contribution in [-0.2, 0) is 0 Å². The number of hydrogen-bond donors (Lipinski definition) is 2. The van der Waals surface area contributed by atoms with Crippen molar-refractivity contribution in [2.24, 2.45) is 0 Å². The number of hydrogen-bond acceptors (Lipinski definition) is 3. The van der Waals surface area contributed by atoms with Crippen LogP contribution in [0.3, 0.4) is 0 Å². The predicted octanol–water partition coefficient (Wildman–Crippen LogP) is 3.29. The number of halogens is 1. The molecular weight excluding hydrogens is 308 g/mol. The highest BCUT2D eigenvalue weighted by Crippen LogP contribution is 2.26. The van der Waals surface area contributed by atoms with Crippen molar-refractivity contribution in [1.29, 1.82) is 0 Å². The summed E-state index contributed by atoms with van der Waals surface area (Å²) in [5.74, 6) is 0.128. The molecule has 1 amide bonds. The van der Waals surface area contributed by atoms with Crippen LogP contribution >= 0.6 is 15.9 Å². The highest BCUT2D eigenvalue weighted by molar-refractivity contribution is 9.10. The molecule has 0 saturated carbocycles. The summed E-state index contributed by atoms with van der Waals surface area (Å²) in [6.07, 6.45) is 0. The summed E-state index contributed by atoms with van der Waals surface area (Å²) >= 11 is 3.34. The second-order valence-corrected chi connectivity index (χ2v) is 4.80. The molecule has 3 N–H and O–H groups in total. The third kappa shape index (κ3) is 3.06. The van der Waals surface area contributed by atoms with Crippen molar-refractivity contribution in [2.75, 3.05) is 18.2 Å². The van der Waals surface area contributed by atoms with Crippen LogP contribution < -0.4 is 15.8 Å².